The predicted molar refractivity (Wildman–Crippen MR) is 70.0 cm³/mol. The number of nitrogens with zero attached hydrogens (tertiary/aromatic N) is 1. The van der Waals surface area contributed by atoms with E-state index in [0.29, 0.717) is 10.2 Å². The monoisotopic (exact) mass is 349 g/mol. The largest absolute Gasteiger partial charge is 0.505 e. The molecule has 0 unspecified atom stereocenters. The van der Waals surface area contributed by atoms with E-state index >= 15 is 0 Å². The molecule has 0 spiro atoms. The molecule has 0 fully saturated rings. The molecular formula is C10H8INO3S. The Morgan fingerprint density at radius 2 is 2.44 bits per heavy atom. The molecule has 16 heavy (non-hydrogen) atoms. The van der Waals surface area contributed by atoms with Gasteiger partial charge in [-0.1, -0.05) is 0 Å². The second kappa shape index (κ2) is 4.54. The lowest BCUT2D eigenvalue weighted by molar-refractivity contribution is 0.0523. The van der Waals surface area contributed by atoms with Crippen LogP contribution in [0, 0.1) is 2.88 Å². The predicted octanol–water partition coefficient (Wildman–Crippen LogP) is 2.78. The molecule has 0 aliphatic heterocycles. The van der Waals surface area contributed by atoms with E-state index in [2.05, 4.69) is 27.6 Å². The minimum Gasteiger partial charge on any atom is -0.505 e. The molecule has 2 heterocycles. The van der Waals surface area contributed by atoms with Gasteiger partial charge in [0.25, 0.3) is 0 Å². The fraction of sp³-hybridized carbons (Fsp3) is 0.200. The molecule has 0 atom stereocenters. The summed E-state index contributed by atoms with van der Waals surface area (Å²) in [5, 5.41) is 9.93. The van der Waals surface area contributed by atoms with Crippen LogP contribution in [-0.2, 0) is 4.74 Å². The Hall–Kier alpha value is -0.890. The number of esters is 1. The molecule has 2 aromatic rings. The molecule has 0 saturated heterocycles. The summed E-state index contributed by atoms with van der Waals surface area (Å²) in [6.45, 7) is 1.99. The number of halogens is 1. The van der Waals surface area contributed by atoms with Crippen molar-refractivity contribution in [2.45, 2.75) is 6.92 Å². The average molecular weight is 349 g/mol. The first kappa shape index (κ1) is 11.6. The number of carbonyl (C=O) groups excluding carboxylic acids is 1. The number of aromatic nitrogens is 1. The zero-order valence-electron chi connectivity index (χ0n) is 8.36. The van der Waals surface area contributed by atoms with Crippen molar-refractivity contribution in [3.8, 4) is 5.75 Å². The number of hydrogen-bond acceptors (Lipinski definition) is 5. The van der Waals surface area contributed by atoms with E-state index < -0.39 is 5.97 Å². The number of pyridine rings is 1. The van der Waals surface area contributed by atoms with Crippen molar-refractivity contribution >= 4 is 50.1 Å². The molecule has 0 aromatic carbocycles. The van der Waals surface area contributed by atoms with Crippen molar-refractivity contribution < 1.29 is 14.6 Å². The first-order valence-electron chi connectivity index (χ1n) is 4.57. The second-order valence-electron chi connectivity index (χ2n) is 3.01. The van der Waals surface area contributed by atoms with E-state index in [0.717, 1.165) is 2.88 Å². The van der Waals surface area contributed by atoms with Crippen LogP contribution in [-0.4, -0.2) is 22.7 Å². The third kappa shape index (κ3) is 1.99. The number of aromatic hydroxyl groups is 1. The van der Waals surface area contributed by atoms with Crippen LogP contribution < -0.4 is 0 Å². The SMILES string of the molecule is CCOC(=O)c1cnc2cc(I)sc2c1O. The molecular weight excluding hydrogens is 341 g/mol. The number of hydrogen-bond donors (Lipinski definition) is 1. The summed E-state index contributed by atoms with van der Waals surface area (Å²) in [7, 11) is 0. The molecule has 2 aromatic heterocycles. The highest BCUT2D eigenvalue weighted by molar-refractivity contribution is 14.1. The van der Waals surface area contributed by atoms with E-state index in [4.69, 9.17) is 4.74 Å². The van der Waals surface area contributed by atoms with Crippen LogP contribution in [0.15, 0.2) is 12.3 Å². The molecule has 0 aliphatic carbocycles. The van der Waals surface area contributed by atoms with Crippen molar-refractivity contribution in [2.24, 2.45) is 0 Å². The first-order valence-corrected chi connectivity index (χ1v) is 6.47. The van der Waals surface area contributed by atoms with Gasteiger partial charge in [0.2, 0.25) is 0 Å². The highest BCUT2D eigenvalue weighted by Gasteiger charge is 2.17. The Kier molecular flexibility index (Phi) is 3.29. The minimum atomic E-state index is -0.544. The summed E-state index contributed by atoms with van der Waals surface area (Å²) in [6.07, 6.45) is 1.35. The van der Waals surface area contributed by atoms with Gasteiger partial charge in [-0.05, 0) is 35.6 Å². The molecule has 1 N–H and O–H groups in total. The number of fused-ring (bicyclic) bond motifs is 1. The maximum atomic E-state index is 11.5. The van der Waals surface area contributed by atoms with Crippen molar-refractivity contribution in [1.82, 2.24) is 4.98 Å². The summed E-state index contributed by atoms with van der Waals surface area (Å²) in [5.74, 6) is -0.589. The van der Waals surface area contributed by atoms with E-state index in [1.54, 1.807) is 6.92 Å². The number of ether oxygens (including phenoxy) is 1. The molecule has 0 saturated carbocycles. The van der Waals surface area contributed by atoms with Crippen molar-refractivity contribution in [2.75, 3.05) is 6.61 Å². The Morgan fingerprint density at radius 1 is 1.69 bits per heavy atom. The van der Waals surface area contributed by atoms with E-state index in [1.807, 2.05) is 6.07 Å². The Balaban J connectivity index is 2.55. The lowest BCUT2D eigenvalue weighted by Crippen LogP contribution is -2.05. The second-order valence-corrected chi connectivity index (χ2v) is 5.95. The highest BCUT2D eigenvalue weighted by atomic mass is 127. The standard InChI is InChI=1S/C10H8INO3S/c1-2-15-10(14)5-4-12-6-3-7(11)16-9(6)8(5)13/h3-4H,2H2,1H3,(H,12,13). The fourth-order valence-corrected chi connectivity index (χ4v) is 3.04. The molecule has 0 amide bonds. The Morgan fingerprint density at radius 3 is 3.12 bits per heavy atom. The van der Waals surface area contributed by atoms with Gasteiger partial charge in [0, 0.05) is 6.20 Å². The molecule has 0 radical (unpaired) electrons. The molecule has 4 nitrogen and oxygen atoms in total. The van der Waals surface area contributed by atoms with Crippen LogP contribution in [0.25, 0.3) is 10.2 Å². The van der Waals surface area contributed by atoms with Crippen molar-refractivity contribution in [3.05, 3.63) is 20.7 Å². The van der Waals surface area contributed by atoms with E-state index in [9.17, 15) is 9.90 Å². The van der Waals surface area contributed by atoms with Gasteiger partial charge in [0.15, 0.2) is 5.75 Å². The van der Waals surface area contributed by atoms with Crippen LogP contribution in [0.3, 0.4) is 0 Å². The van der Waals surface area contributed by atoms with Crippen molar-refractivity contribution in [1.29, 1.82) is 0 Å². The molecule has 2 rings (SSSR count). The summed E-state index contributed by atoms with van der Waals surface area (Å²) in [5.41, 5.74) is 0.813. The van der Waals surface area contributed by atoms with Crippen molar-refractivity contribution in [3.63, 3.8) is 0 Å². The average Bonchev–Trinajstić information content (AvgIpc) is 2.60. The number of rotatable bonds is 2. The highest BCUT2D eigenvalue weighted by Crippen LogP contribution is 2.34. The lowest BCUT2D eigenvalue weighted by Gasteiger charge is -2.03. The van der Waals surface area contributed by atoms with Gasteiger partial charge in [-0.2, -0.15) is 0 Å². The normalized spacial score (nSPS) is 10.6. The lowest BCUT2D eigenvalue weighted by atomic mass is 10.2. The Labute approximate surface area is 109 Å². The third-order valence-corrected chi connectivity index (χ3v) is 3.87. The zero-order valence-corrected chi connectivity index (χ0v) is 11.3. The van der Waals surface area contributed by atoms with Gasteiger partial charge in [0.05, 0.1) is 19.7 Å². The Bertz CT molecular complexity index is 552. The van der Waals surface area contributed by atoms with Gasteiger partial charge in [-0.25, -0.2) is 4.79 Å². The molecule has 84 valence electrons. The van der Waals surface area contributed by atoms with Gasteiger partial charge >= 0.3 is 5.97 Å². The van der Waals surface area contributed by atoms with Gasteiger partial charge in [-0.3, -0.25) is 4.98 Å². The fourth-order valence-electron chi connectivity index (χ4n) is 1.29. The van der Waals surface area contributed by atoms with Crippen LogP contribution >= 0.6 is 33.9 Å². The minimum absolute atomic E-state index is 0.0450. The quantitative estimate of drug-likeness (QED) is 0.669. The smallest absolute Gasteiger partial charge is 0.343 e. The van der Waals surface area contributed by atoms with Crippen LogP contribution in [0.2, 0.25) is 0 Å². The molecule has 0 aliphatic rings. The number of carbonyl (C=O) groups is 1. The summed E-state index contributed by atoms with van der Waals surface area (Å²) < 4.78 is 6.46. The first-order chi connectivity index (χ1) is 7.63. The van der Waals surface area contributed by atoms with Crippen LogP contribution in [0.5, 0.6) is 5.75 Å². The van der Waals surface area contributed by atoms with Crippen LogP contribution in [0.4, 0.5) is 0 Å². The third-order valence-electron chi connectivity index (χ3n) is 1.98. The zero-order chi connectivity index (χ0) is 11.7. The van der Waals surface area contributed by atoms with E-state index in [1.165, 1.54) is 17.5 Å². The molecule has 0 bridgehead atoms. The summed E-state index contributed by atoms with van der Waals surface area (Å²) >= 11 is 3.54. The van der Waals surface area contributed by atoms with Crippen LogP contribution in [0.1, 0.15) is 17.3 Å². The number of thiophene rings is 1. The maximum absolute atomic E-state index is 11.5. The summed E-state index contributed by atoms with van der Waals surface area (Å²) in [6, 6.07) is 1.86. The van der Waals surface area contributed by atoms with Gasteiger partial charge < -0.3 is 9.84 Å². The molecule has 6 heteroatoms. The van der Waals surface area contributed by atoms with Gasteiger partial charge in [-0.15, -0.1) is 11.3 Å². The summed E-state index contributed by atoms with van der Waals surface area (Å²) in [4.78, 5) is 15.6. The maximum Gasteiger partial charge on any atom is 0.343 e. The van der Waals surface area contributed by atoms with Gasteiger partial charge in [0.1, 0.15) is 5.56 Å². The van der Waals surface area contributed by atoms with E-state index in [-0.39, 0.29) is 17.9 Å². The topological polar surface area (TPSA) is 59.4 Å².